The van der Waals surface area contributed by atoms with Gasteiger partial charge in [-0.05, 0) is 28.5 Å². The van der Waals surface area contributed by atoms with Crippen LogP contribution in [-0.2, 0) is 6.61 Å². The summed E-state index contributed by atoms with van der Waals surface area (Å²) in [4.78, 5) is 13.4. The van der Waals surface area contributed by atoms with Gasteiger partial charge in [0, 0.05) is 10.6 Å². The fourth-order valence-corrected chi connectivity index (χ4v) is 4.22. The van der Waals surface area contributed by atoms with Gasteiger partial charge in [-0.2, -0.15) is 0 Å². The van der Waals surface area contributed by atoms with E-state index in [0.717, 1.165) is 21.9 Å². The largest absolute Gasteiger partial charge is 0.481 e. The van der Waals surface area contributed by atoms with Crippen molar-refractivity contribution in [2.75, 3.05) is 0 Å². The molecular weight excluding hydrogens is 431 g/mol. The highest BCUT2D eigenvalue weighted by Gasteiger charge is 2.20. The smallest absolute Gasteiger partial charge is 0.235 e. The van der Waals surface area contributed by atoms with Crippen LogP contribution in [0.2, 0.25) is 10.0 Å². The van der Waals surface area contributed by atoms with E-state index in [1.54, 1.807) is 12.1 Å². The average Bonchev–Trinajstić information content (AvgIpc) is 2.79. The van der Waals surface area contributed by atoms with Gasteiger partial charge in [-0.25, -0.2) is 0 Å². The predicted octanol–water partition coefficient (Wildman–Crippen LogP) is 7.50. The normalized spacial score (nSPS) is 11.2. The van der Waals surface area contributed by atoms with Gasteiger partial charge in [0.05, 0.1) is 10.4 Å². The average molecular weight is 447 g/mol. The molecule has 0 aliphatic rings. The van der Waals surface area contributed by atoms with E-state index in [9.17, 15) is 4.79 Å². The number of fused-ring (bicyclic) bond motifs is 2. The first kappa shape index (κ1) is 19.7. The second kappa shape index (κ2) is 8.10. The van der Waals surface area contributed by atoms with E-state index in [1.165, 1.54) is 0 Å². The molecule has 5 heteroatoms. The fourth-order valence-electron chi connectivity index (χ4n) is 3.69. The zero-order valence-electron chi connectivity index (χ0n) is 16.3. The second-order valence-electron chi connectivity index (χ2n) is 7.15. The maximum Gasteiger partial charge on any atom is 0.235 e. The topological polar surface area (TPSA) is 39.4 Å². The van der Waals surface area contributed by atoms with Gasteiger partial charge in [0.1, 0.15) is 6.61 Å². The Morgan fingerprint density at radius 3 is 2.39 bits per heavy atom. The molecule has 0 aliphatic carbocycles. The summed E-state index contributed by atoms with van der Waals surface area (Å²) in [5.41, 5.74) is 1.67. The molecule has 0 bridgehead atoms. The summed E-state index contributed by atoms with van der Waals surface area (Å²) >= 11 is 12.5. The summed E-state index contributed by atoms with van der Waals surface area (Å²) < 4.78 is 12.2. The second-order valence-corrected chi connectivity index (χ2v) is 7.99. The minimum atomic E-state index is -0.315. The summed E-state index contributed by atoms with van der Waals surface area (Å²) in [5.74, 6) is 0.465. The quantitative estimate of drug-likeness (QED) is 0.286. The first-order valence-electron chi connectivity index (χ1n) is 9.72. The highest BCUT2D eigenvalue weighted by atomic mass is 35.5. The summed E-state index contributed by atoms with van der Waals surface area (Å²) in [6, 6.07) is 26.5. The number of benzene rings is 4. The molecule has 0 spiro atoms. The maximum atomic E-state index is 13.4. The van der Waals surface area contributed by atoms with Crippen LogP contribution in [0.5, 0.6) is 5.75 Å². The molecule has 4 aromatic carbocycles. The minimum Gasteiger partial charge on any atom is -0.481 e. The maximum absolute atomic E-state index is 13.4. The van der Waals surface area contributed by atoms with Crippen LogP contribution in [0.1, 0.15) is 5.56 Å². The van der Waals surface area contributed by atoms with Crippen molar-refractivity contribution < 1.29 is 9.15 Å². The number of ether oxygens (including phenoxy) is 1. The molecule has 1 heterocycles. The van der Waals surface area contributed by atoms with Crippen LogP contribution in [0.4, 0.5) is 0 Å². The van der Waals surface area contributed by atoms with Crippen molar-refractivity contribution in [3.05, 3.63) is 111 Å². The van der Waals surface area contributed by atoms with Crippen LogP contribution < -0.4 is 10.2 Å². The summed E-state index contributed by atoms with van der Waals surface area (Å²) in [6.45, 7) is 0.214. The van der Waals surface area contributed by atoms with E-state index in [-0.39, 0.29) is 33.8 Å². The van der Waals surface area contributed by atoms with E-state index >= 15 is 0 Å². The first-order chi connectivity index (χ1) is 15.1. The Labute approximate surface area is 188 Å². The van der Waals surface area contributed by atoms with Crippen LogP contribution in [0, 0.1) is 0 Å². The molecule has 0 saturated carbocycles. The predicted molar refractivity (Wildman–Crippen MR) is 126 cm³/mol. The third kappa shape index (κ3) is 3.67. The Balaban J connectivity index is 1.68. The highest BCUT2D eigenvalue weighted by molar-refractivity contribution is 6.38. The lowest BCUT2D eigenvalue weighted by Gasteiger charge is -2.13. The fraction of sp³-hybridized carbons (Fsp3) is 0.0385. The van der Waals surface area contributed by atoms with Gasteiger partial charge < -0.3 is 9.15 Å². The lowest BCUT2D eigenvalue weighted by Crippen LogP contribution is -2.10. The highest BCUT2D eigenvalue weighted by Crippen LogP contribution is 2.35. The Bertz CT molecular complexity index is 1470. The monoisotopic (exact) mass is 446 g/mol. The van der Waals surface area contributed by atoms with Crippen LogP contribution in [0.3, 0.4) is 0 Å². The molecule has 31 heavy (non-hydrogen) atoms. The van der Waals surface area contributed by atoms with E-state index < -0.39 is 0 Å². The van der Waals surface area contributed by atoms with Crippen molar-refractivity contribution >= 4 is 44.9 Å². The Morgan fingerprint density at radius 2 is 1.55 bits per heavy atom. The molecule has 0 aliphatic heterocycles. The Morgan fingerprint density at radius 1 is 0.806 bits per heavy atom. The molecule has 0 N–H and O–H groups in total. The van der Waals surface area contributed by atoms with E-state index in [0.29, 0.717) is 10.8 Å². The molecular formula is C26H16Cl2O3. The number of rotatable bonds is 4. The van der Waals surface area contributed by atoms with Gasteiger partial charge in [-0.1, -0.05) is 96.0 Å². The molecule has 0 unspecified atom stereocenters. The zero-order valence-corrected chi connectivity index (χ0v) is 17.8. The molecule has 152 valence electrons. The lowest BCUT2D eigenvalue weighted by atomic mass is 10.1. The van der Waals surface area contributed by atoms with Gasteiger partial charge >= 0.3 is 0 Å². The Hall–Kier alpha value is -3.27. The van der Waals surface area contributed by atoms with Crippen LogP contribution in [0.25, 0.3) is 33.1 Å². The van der Waals surface area contributed by atoms with Crippen LogP contribution >= 0.6 is 23.2 Å². The van der Waals surface area contributed by atoms with Crippen molar-refractivity contribution in [3.8, 4) is 17.1 Å². The van der Waals surface area contributed by atoms with E-state index in [4.69, 9.17) is 32.4 Å². The third-order valence-corrected chi connectivity index (χ3v) is 5.66. The lowest BCUT2D eigenvalue weighted by molar-refractivity contribution is 0.299. The number of hydrogen-bond donors (Lipinski definition) is 0. The van der Waals surface area contributed by atoms with Crippen LogP contribution in [0.15, 0.2) is 94.1 Å². The van der Waals surface area contributed by atoms with Crippen molar-refractivity contribution in [1.82, 2.24) is 0 Å². The van der Waals surface area contributed by atoms with Gasteiger partial charge in [-0.15, -0.1) is 0 Å². The van der Waals surface area contributed by atoms with Crippen molar-refractivity contribution in [1.29, 1.82) is 0 Å². The third-order valence-electron chi connectivity index (χ3n) is 5.16. The van der Waals surface area contributed by atoms with Gasteiger partial charge in [-0.3, -0.25) is 4.79 Å². The molecule has 0 atom stereocenters. The molecule has 5 aromatic rings. The van der Waals surface area contributed by atoms with Gasteiger partial charge in [0.15, 0.2) is 11.3 Å². The molecule has 0 saturated heterocycles. The molecule has 0 radical (unpaired) electrons. The number of halogens is 2. The first-order valence-corrected chi connectivity index (χ1v) is 10.5. The van der Waals surface area contributed by atoms with Crippen molar-refractivity contribution in [3.63, 3.8) is 0 Å². The van der Waals surface area contributed by atoms with Crippen molar-refractivity contribution in [2.24, 2.45) is 0 Å². The van der Waals surface area contributed by atoms with Gasteiger partial charge in [0.2, 0.25) is 11.2 Å². The minimum absolute atomic E-state index is 0.130. The zero-order chi connectivity index (χ0) is 21.4. The summed E-state index contributed by atoms with van der Waals surface area (Å²) in [7, 11) is 0. The molecule has 0 fully saturated rings. The molecule has 1 aromatic heterocycles. The van der Waals surface area contributed by atoms with Crippen LogP contribution in [-0.4, -0.2) is 0 Å². The van der Waals surface area contributed by atoms with E-state index in [2.05, 4.69) is 0 Å². The standard InChI is InChI=1S/C26H16Cl2O3/c27-19-13-21-23(29)26(30-15-18-11-6-10-16-7-4-5-12-20(16)18)24(17-8-2-1-3-9-17)31-25(21)22(28)14-19/h1-14H,15H2. The summed E-state index contributed by atoms with van der Waals surface area (Å²) in [5, 5.41) is 3.10. The molecule has 5 rings (SSSR count). The summed E-state index contributed by atoms with van der Waals surface area (Å²) in [6.07, 6.45) is 0. The molecule has 3 nitrogen and oxygen atoms in total. The SMILES string of the molecule is O=c1c(OCc2cccc3ccccc23)c(-c2ccccc2)oc2c(Cl)cc(Cl)cc12. The number of hydrogen-bond acceptors (Lipinski definition) is 3. The van der Waals surface area contributed by atoms with Crippen molar-refractivity contribution in [2.45, 2.75) is 6.61 Å². The van der Waals surface area contributed by atoms with Gasteiger partial charge in [0.25, 0.3) is 0 Å². The Kier molecular flexibility index (Phi) is 5.14. The van der Waals surface area contributed by atoms with E-state index in [1.807, 2.05) is 72.8 Å². The molecule has 0 amide bonds.